The Bertz CT molecular complexity index is 1020. The number of carboxylic acid groups (broad SMARTS) is 1. The lowest BCUT2D eigenvalue weighted by Gasteiger charge is -2.13. The Morgan fingerprint density at radius 2 is 2.00 bits per heavy atom. The quantitative estimate of drug-likeness (QED) is 0.150. The number of nitrogens with one attached hydrogen (secondary N) is 1. The highest BCUT2D eigenvalue weighted by atomic mass is 32.2. The Morgan fingerprint density at radius 1 is 1.19 bits per heavy atom. The standard InChI is InChI=1S/C17H16N6O2S/c18-16(22-23-19)15-11(2-1-3-14(15)26-20)9-4-6-12-10(8-9)5-7-13(21-12)17(24)25/h1-8,23H,19-20H2,(H2,18,22)(H,24,25). The highest BCUT2D eigenvalue weighted by Crippen LogP contribution is 2.31. The minimum atomic E-state index is -1.07. The van der Waals surface area contributed by atoms with Crippen LogP contribution in [-0.4, -0.2) is 21.9 Å². The second-order valence-electron chi connectivity index (χ2n) is 5.33. The monoisotopic (exact) mass is 368 g/mol. The van der Waals surface area contributed by atoms with Crippen LogP contribution in [0.3, 0.4) is 0 Å². The van der Waals surface area contributed by atoms with E-state index < -0.39 is 5.97 Å². The number of carbonyl (C=O) groups is 1. The summed E-state index contributed by atoms with van der Waals surface area (Å²) >= 11 is 1.06. The van der Waals surface area contributed by atoms with E-state index in [1.54, 1.807) is 12.1 Å². The first-order chi connectivity index (χ1) is 12.5. The number of aromatic carboxylic acids is 1. The Morgan fingerprint density at radius 3 is 2.69 bits per heavy atom. The lowest BCUT2D eigenvalue weighted by molar-refractivity contribution is 0.0691. The van der Waals surface area contributed by atoms with Crippen LogP contribution >= 0.6 is 11.9 Å². The van der Waals surface area contributed by atoms with Crippen LogP contribution in [0.1, 0.15) is 16.1 Å². The number of aromatic nitrogens is 1. The predicted molar refractivity (Wildman–Crippen MR) is 102 cm³/mol. The minimum Gasteiger partial charge on any atom is -0.477 e. The molecule has 0 atom stereocenters. The summed E-state index contributed by atoms with van der Waals surface area (Å²) in [5, 5.41) is 19.5. The molecule has 0 aliphatic heterocycles. The van der Waals surface area contributed by atoms with Crippen molar-refractivity contribution in [3.8, 4) is 11.1 Å². The number of hydrogen-bond acceptors (Lipinski definition) is 7. The van der Waals surface area contributed by atoms with Crippen LogP contribution in [0, 0.1) is 0 Å². The molecule has 0 bridgehead atoms. The zero-order valence-electron chi connectivity index (χ0n) is 13.5. The predicted octanol–water partition coefficient (Wildman–Crippen LogP) is 1.65. The number of nitrogens with two attached hydrogens (primary N) is 3. The molecule has 0 saturated heterocycles. The Balaban J connectivity index is 2.19. The van der Waals surface area contributed by atoms with Crippen LogP contribution in [0.5, 0.6) is 0 Å². The van der Waals surface area contributed by atoms with E-state index in [2.05, 4.69) is 15.6 Å². The molecule has 0 unspecified atom stereocenters. The molecule has 1 aromatic heterocycles. The SMILES string of the molecule is NN/N=C(\N)c1c(SN)cccc1-c1ccc2nc(C(=O)O)ccc2c1. The molecule has 0 aliphatic carbocycles. The fourth-order valence-electron chi connectivity index (χ4n) is 2.67. The molecule has 0 saturated carbocycles. The summed E-state index contributed by atoms with van der Waals surface area (Å²) in [6, 6.07) is 14.3. The molecular weight excluding hydrogens is 352 g/mol. The molecule has 26 heavy (non-hydrogen) atoms. The number of rotatable bonds is 5. The summed E-state index contributed by atoms with van der Waals surface area (Å²) in [6.07, 6.45) is 0. The number of carboxylic acids is 1. The van der Waals surface area contributed by atoms with Gasteiger partial charge in [0.25, 0.3) is 0 Å². The van der Waals surface area contributed by atoms with Crippen molar-refractivity contribution in [2.45, 2.75) is 4.90 Å². The van der Waals surface area contributed by atoms with Gasteiger partial charge in [-0.25, -0.2) is 21.2 Å². The van der Waals surface area contributed by atoms with Gasteiger partial charge in [-0.1, -0.05) is 24.3 Å². The van der Waals surface area contributed by atoms with Gasteiger partial charge >= 0.3 is 5.97 Å². The van der Waals surface area contributed by atoms with Crippen LogP contribution < -0.4 is 22.3 Å². The molecule has 0 fully saturated rings. The molecule has 1 heterocycles. The summed E-state index contributed by atoms with van der Waals surface area (Å²) in [4.78, 5) is 15.9. The minimum absolute atomic E-state index is 0.00198. The number of hydrazine groups is 1. The van der Waals surface area contributed by atoms with Gasteiger partial charge in [0, 0.05) is 15.8 Å². The largest absolute Gasteiger partial charge is 0.477 e. The maximum Gasteiger partial charge on any atom is 0.354 e. The molecule has 0 radical (unpaired) electrons. The fraction of sp³-hybridized carbons (Fsp3) is 0. The summed E-state index contributed by atoms with van der Waals surface area (Å²) in [5.74, 6) is 4.39. The molecule has 9 heteroatoms. The smallest absolute Gasteiger partial charge is 0.354 e. The van der Waals surface area contributed by atoms with Crippen molar-refractivity contribution in [3.63, 3.8) is 0 Å². The van der Waals surface area contributed by atoms with Crippen molar-refractivity contribution < 1.29 is 9.90 Å². The van der Waals surface area contributed by atoms with Gasteiger partial charge in [0.05, 0.1) is 5.52 Å². The van der Waals surface area contributed by atoms with E-state index in [4.69, 9.17) is 21.8 Å². The second-order valence-corrected chi connectivity index (χ2v) is 6.01. The first-order valence-electron chi connectivity index (χ1n) is 7.48. The van der Waals surface area contributed by atoms with Gasteiger partial charge in [-0.05, 0) is 47.3 Å². The number of benzene rings is 2. The molecule has 2 aromatic carbocycles. The van der Waals surface area contributed by atoms with Gasteiger partial charge in [0.15, 0.2) is 5.84 Å². The molecule has 8 nitrogen and oxygen atoms in total. The van der Waals surface area contributed by atoms with Crippen molar-refractivity contribution in [3.05, 3.63) is 59.8 Å². The van der Waals surface area contributed by atoms with Crippen molar-refractivity contribution in [1.82, 2.24) is 10.5 Å². The molecule has 0 aliphatic rings. The molecule has 0 amide bonds. The average Bonchev–Trinajstić information content (AvgIpc) is 2.66. The van der Waals surface area contributed by atoms with E-state index in [9.17, 15) is 4.79 Å². The molecule has 132 valence electrons. The van der Waals surface area contributed by atoms with E-state index in [1.165, 1.54) is 6.07 Å². The molecule has 3 aromatic rings. The van der Waals surface area contributed by atoms with Crippen molar-refractivity contribution >= 4 is 34.7 Å². The Hall–Kier alpha value is -3.14. The number of nitrogens with zero attached hydrogens (tertiary/aromatic N) is 2. The van der Waals surface area contributed by atoms with Gasteiger partial charge in [-0.15, -0.1) is 5.10 Å². The summed E-state index contributed by atoms with van der Waals surface area (Å²) in [5.41, 5.74) is 11.2. The van der Waals surface area contributed by atoms with Crippen LogP contribution in [0.25, 0.3) is 22.0 Å². The van der Waals surface area contributed by atoms with Gasteiger partial charge in [0.2, 0.25) is 0 Å². The number of fused-ring (bicyclic) bond motifs is 1. The molecule has 0 spiro atoms. The van der Waals surface area contributed by atoms with Crippen molar-refractivity contribution in [2.75, 3.05) is 0 Å². The number of hydrazone groups is 1. The maximum atomic E-state index is 11.1. The van der Waals surface area contributed by atoms with E-state index in [0.717, 1.165) is 33.4 Å². The van der Waals surface area contributed by atoms with Gasteiger partial charge in [-0.3, -0.25) is 5.14 Å². The third kappa shape index (κ3) is 3.31. The van der Waals surface area contributed by atoms with Crippen LogP contribution in [0.4, 0.5) is 0 Å². The highest BCUT2D eigenvalue weighted by molar-refractivity contribution is 7.97. The summed E-state index contributed by atoms with van der Waals surface area (Å²) in [6.45, 7) is 0. The van der Waals surface area contributed by atoms with Gasteiger partial charge < -0.3 is 10.8 Å². The van der Waals surface area contributed by atoms with Crippen molar-refractivity contribution in [2.24, 2.45) is 21.8 Å². The molecule has 8 N–H and O–H groups in total. The Kier molecular flexibility index (Phi) is 5.03. The normalized spacial score (nSPS) is 11.5. The highest BCUT2D eigenvalue weighted by Gasteiger charge is 2.15. The number of pyridine rings is 1. The number of hydrogen-bond donors (Lipinski definition) is 5. The van der Waals surface area contributed by atoms with Gasteiger partial charge in [-0.2, -0.15) is 0 Å². The van der Waals surface area contributed by atoms with Crippen LogP contribution in [0.15, 0.2) is 58.5 Å². The van der Waals surface area contributed by atoms with E-state index in [-0.39, 0.29) is 11.5 Å². The van der Waals surface area contributed by atoms with Gasteiger partial charge in [0.1, 0.15) is 5.69 Å². The Labute approximate surface area is 153 Å². The third-order valence-corrected chi connectivity index (χ3v) is 4.41. The molecular formula is C17H16N6O2S. The zero-order chi connectivity index (χ0) is 18.7. The van der Waals surface area contributed by atoms with Crippen LogP contribution in [-0.2, 0) is 0 Å². The topological polar surface area (TPSA) is 153 Å². The summed E-state index contributed by atoms with van der Waals surface area (Å²) in [7, 11) is 0. The van der Waals surface area contributed by atoms with Crippen LogP contribution in [0.2, 0.25) is 0 Å². The van der Waals surface area contributed by atoms with E-state index >= 15 is 0 Å². The second kappa shape index (κ2) is 7.40. The first-order valence-corrected chi connectivity index (χ1v) is 8.36. The third-order valence-electron chi connectivity index (χ3n) is 3.81. The first kappa shape index (κ1) is 17.7. The summed E-state index contributed by atoms with van der Waals surface area (Å²) < 4.78 is 0. The number of amidine groups is 1. The van der Waals surface area contributed by atoms with E-state index in [1.807, 2.05) is 30.3 Å². The fourth-order valence-corrected chi connectivity index (χ4v) is 3.16. The maximum absolute atomic E-state index is 11.1. The average molecular weight is 368 g/mol. The lowest BCUT2D eigenvalue weighted by Crippen LogP contribution is -2.24. The molecule has 3 rings (SSSR count). The lowest BCUT2D eigenvalue weighted by atomic mass is 9.97. The van der Waals surface area contributed by atoms with Crippen molar-refractivity contribution in [1.29, 1.82) is 0 Å². The zero-order valence-corrected chi connectivity index (χ0v) is 14.3. The van der Waals surface area contributed by atoms with E-state index in [0.29, 0.717) is 11.1 Å².